The van der Waals surface area contributed by atoms with E-state index in [0.717, 1.165) is 98.8 Å². The van der Waals surface area contributed by atoms with Crippen LogP contribution in [0.5, 0.6) is 0 Å². The fourth-order valence-corrected chi connectivity index (χ4v) is 10.6. The number of amides is 3. The summed E-state index contributed by atoms with van der Waals surface area (Å²) in [6, 6.07) is 14.9. The molecule has 53 heavy (non-hydrogen) atoms. The van der Waals surface area contributed by atoms with E-state index < -0.39 is 17.0 Å². The molecule has 1 atom stereocenters. The molecular weight excluding hydrogens is 707 g/mol. The van der Waals surface area contributed by atoms with Gasteiger partial charge < -0.3 is 15.1 Å². The van der Waals surface area contributed by atoms with E-state index in [1.165, 1.54) is 29.0 Å². The number of hydrogen-bond donors (Lipinski definition) is 2. The molecular formula is C39H51N9O3S2. The van der Waals surface area contributed by atoms with Crippen molar-refractivity contribution in [2.45, 2.75) is 75.1 Å². The summed E-state index contributed by atoms with van der Waals surface area (Å²) in [5, 5.41) is 12.6. The van der Waals surface area contributed by atoms with Gasteiger partial charge >= 0.3 is 6.03 Å². The number of carbonyl (C=O) groups excluding carboxylic acids is 2. The average Bonchev–Trinajstić information content (AvgIpc) is 3.78. The van der Waals surface area contributed by atoms with Gasteiger partial charge in [0.2, 0.25) is 5.91 Å². The lowest BCUT2D eigenvalue weighted by atomic mass is 9.88. The number of imide groups is 1. The molecule has 1 unspecified atom stereocenters. The molecule has 2 aromatic heterocycles. The Hall–Kier alpha value is -3.85. The molecule has 8 rings (SSSR count). The van der Waals surface area contributed by atoms with Gasteiger partial charge in [-0.05, 0) is 106 Å². The second-order valence-corrected chi connectivity index (χ2v) is 17.7. The number of aromatic nitrogens is 3. The highest BCUT2D eigenvalue weighted by molar-refractivity contribution is 7.82. The maximum atomic E-state index is 13.6. The Morgan fingerprint density at radius 1 is 0.943 bits per heavy atom. The van der Waals surface area contributed by atoms with E-state index in [-0.39, 0.29) is 12.3 Å². The quantitative estimate of drug-likeness (QED) is 0.211. The predicted octanol–water partition coefficient (Wildman–Crippen LogP) is 5.73. The second-order valence-electron chi connectivity index (χ2n) is 15.1. The lowest BCUT2D eigenvalue weighted by Crippen LogP contribution is -2.49. The molecule has 282 valence electrons. The minimum absolute atomic E-state index is 0.240. The van der Waals surface area contributed by atoms with Gasteiger partial charge in [-0.25, -0.2) is 18.3 Å². The molecule has 3 amide bonds. The highest BCUT2D eigenvalue weighted by atomic mass is 32.2. The molecule has 0 saturated carbocycles. The highest BCUT2D eigenvalue weighted by Gasteiger charge is 2.30. The van der Waals surface area contributed by atoms with Crippen LogP contribution in [0.3, 0.4) is 0 Å². The summed E-state index contributed by atoms with van der Waals surface area (Å²) in [6.07, 6.45) is 9.81. The van der Waals surface area contributed by atoms with Crippen molar-refractivity contribution < 1.29 is 13.8 Å². The van der Waals surface area contributed by atoms with E-state index in [9.17, 15) is 13.8 Å². The van der Waals surface area contributed by atoms with E-state index >= 15 is 0 Å². The van der Waals surface area contributed by atoms with Crippen LogP contribution in [0.1, 0.15) is 68.2 Å². The van der Waals surface area contributed by atoms with Gasteiger partial charge in [0.1, 0.15) is 11.0 Å². The number of thiazole rings is 1. The number of nitrogens with one attached hydrogen (secondary N) is 2. The topological polar surface area (TPSA) is 119 Å². The zero-order chi connectivity index (χ0) is 36.5. The largest absolute Gasteiger partial charge is 0.371 e. The van der Waals surface area contributed by atoms with Gasteiger partial charge in [-0.1, -0.05) is 19.1 Å². The summed E-state index contributed by atoms with van der Waals surface area (Å²) in [7, 11) is 0.765. The number of aryl methyl sites for hydroxylation is 2. The summed E-state index contributed by atoms with van der Waals surface area (Å²) in [5.41, 5.74) is 3.54. The molecule has 0 spiro atoms. The Kier molecular flexibility index (Phi) is 10.8. The molecule has 2 N–H and O–H groups in total. The minimum atomic E-state index is -1.16. The van der Waals surface area contributed by atoms with Gasteiger partial charge in [0.25, 0.3) is 0 Å². The SMILES string of the molecule is CCc1cnc(NC2CCN(S(=O)c3cccc(N4CCC(CN5CCC(c6ccc7c(N8CCC(=O)NC8=O)nn(C)c7c6)CC5)CC4)c3)CC2)s1. The third-order valence-corrected chi connectivity index (χ3v) is 14.2. The van der Waals surface area contributed by atoms with E-state index in [1.807, 2.05) is 24.0 Å². The summed E-state index contributed by atoms with van der Waals surface area (Å²) in [6.45, 7) is 9.57. The first-order valence-electron chi connectivity index (χ1n) is 19.3. The van der Waals surface area contributed by atoms with Crippen LogP contribution in [0, 0.1) is 5.92 Å². The number of nitrogens with zero attached hydrogens (tertiary/aromatic N) is 7. The first-order chi connectivity index (χ1) is 25.8. The fraction of sp³-hybridized carbons (Fsp3) is 0.538. The van der Waals surface area contributed by atoms with E-state index in [4.69, 9.17) is 0 Å². The number of piperidine rings is 3. The third kappa shape index (κ3) is 8.01. The molecule has 14 heteroatoms. The van der Waals surface area contributed by atoms with Crippen molar-refractivity contribution in [3.63, 3.8) is 0 Å². The van der Waals surface area contributed by atoms with Gasteiger partial charge in [0, 0.05) is 80.9 Å². The number of hydrogen-bond acceptors (Lipinski definition) is 9. The van der Waals surface area contributed by atoms with E-state index in [0.29, 0.717) is 30.2 Å². The van der Waals surface area contributed by atoms with Crippen LogP contribution in [0.2, 0.25) is 0 Å². The molecule has 0 bridgehead atoms. The minimum Gasteiger partial charge on any atom is -0.371 e. The number of anilines is 3. The van der Waals surface area contributed by atoms with Crippen LogP contribution in [-0.2, 0) is 29.2 Å². The summed E-state index contributed by atoms with van der Waals surface area (Å²) in [5.74, 6) is 1.57. The molecule has 4 fully saturated rings. The Morgan fingerprint density at radius 2 is 1.74 bits per heavy atom. The molecule has 12 nitrogen and oxygen atoms in total. The number of fused-ring (bicyclic) bond motifs is 1. The first kappa shape index (κ1) is 36.1. The van der Waals surface area contributed by atoms with Crippen LogP contribution >= 0.6 is 11.3 Å². The van der Waals surface area contributed by atoms with Crippen molar-refractivity contribution in [3.8, 4) is 0 Å². The smallest absolute Gasteiger partial charge is 0.329 e. The van der Waals surface area contributed by atoms with Crippen LogP contribution in [0.4, 0.5) is 21.4 Å². The second kappa shape index (κ2) is 15.9. The molecule has 4 aromatic rings. The molecule has 4 aliphatic heterocycles. The fourth-order valence-electron chi connectivity index (χ4n) is 8.48. The van der Waals surface area contributed by atoms with Gasteiger partial charge in [-0.2, -0.15) is 5.10 Å². The van der Waals surface area contributed by atoms with E-state index in [1.54, 1.807) is 16.2 Å². The third-order valence-electron chi connectivity index (χ3n) is 11.7. The Balaban J connectivity index is 0.793. The summed E-state index contributed by atoms with van der Waals surface area (Å²) in [4.78, 5) is 37.6. The molecule has 4 saturated heterocycles. The zero-order valence-corrected chi connectivity index (χ0v) is 32.5. The van der Waals surface area contributed by atoms with Crippen molar-refractivity contribution in [3.05, 3.63) is 59.1 Å². The van der Waals surface area contributed by atoms with E-state index in [2.05, 4.69) is 78.1 Å². The number of urea groups is 1. The number of likely N-dealkylation sites (tertiary alicyclic amines) is 1. The van der Waals surface area contributed by atoms with Crippen LogP contribution in [-0.4, -0.2) is 98.5 Å². The lowest BCUT2D eigenvalue weighted by Gasteiger charge is -2.38. The lowest BCUT2D eigenvalue weighted by molar-refractivity contribution is -0.120. The molecule has 0 aliphatic carbocycles. The van der Waals surface area contributed by atoms with Crippen molar-refractivity contribution >= 4 is 61.8 Å². The Labute approximate surface area is 318 Å². The van der Waals surface area contributed by atoms with Crippen molar-refractivity contribution in [2.75, 3.05) is 67.5 Å². The van der Waals surface area contributed by atoms with Gasteiger partial charge in [0.05, 0.1) is 10.4 Å². The van der Waals surface area contributed by atoms with Crippen LogP contribution < -0.4 is 20.4 Å². The molecule has 6 heterocycles. The normalized spacial score (nSPS) is 21.0. The summed E-state index contributed by atoms with van der Waals surface area (Å²) < 4.78 is 17.6. The van der Waals surface area contributed by atoms with Gasteiger partial charge in [-0.15, -0.1) is 11.3 Å². The predicted molar refractivity (Wildman–Crippen MR) is 212 cm³/mol. The number of carbonyl (C=O) groups is 2. The maximum Gasteiger partial charge on any atom is 0.329 e. The van der Waals surface area contributed by atoms with Gasteiger partial charge in [-0.3, -0.25) is 19.7 Å². The van der Waals surface area contributed by atoms with Crippen molar-refractivity contribution in [2.24, 2.45) is 13.0 Å². The zero-order valence-electron chi connectivity index (χ0n) is 30.8. The number of rotatable bonds is 10. The first-order valence-corrected chi connectivity index (χ1v) is 21.3. The van der Waals surface area contributed by atoms with Crippen molar-refractivity contribution in [1.82, 2.24) is 29.3 Å². The van der Waals surface area contributed by atoms with Gasteiger partial charge in [0.15, 0.2) is 10.9 Å². The number of benzene rings is 2. The standard InChI is InChI=1S/C39H51N9O3S2/c1-3-32-25-40-38(52-32)41-30-13-20-47(21-14-30)53(51)33-6-4-5-31(24-33)46-18-9-27(10-19-46)26-45-16-11-28(12-17-45)29-7-8-34-35(23-29)44(2)43-37(34)48-22-15-36(49)42-39(48)50/h4-8,23-25,27-28,30H,3,9-22,26H2,1-2H3,(H,40,41)(H,42,49,50). The van der Waals surface area contributed by atoms with Crippen LogP contribution in [0.15, 0.2) is 53.6 Å². The molecule has 4 aliphatic rings. The highest BCUT2D eigenvalue weighted by Crippen LogP contribution is 2.35. The van der Waals surface area contributed by atoms with Crippen LogP contribution in [0.25, 0.3) is 10.9 Å². The maximum absolute atomic E-state index is 13.6. The Bertz CT molecular complexity index is 1960. The summed E-state index contributed by atoms with van der Waals surface area (Å²) >= 11 is 1.74. The molecule has 2 aromatic carbocycles. The average molecular weight is 758 g/mol. The monoisotopic (exact) mass is 757 g/mol. The molecule has 0 radical (unpaired) electrons. The Morgan fingerprint density at radius 3 is 2.47 bits per heavy atom. The van der Waals surface area contributed by atoms with Crippen molar-refractivity contribution in [1.29, 1.82) is 0 Å².